The molecule has 0 aliphatic carbocycles. The lowest BCUT2D eigenvalue weighted by Crippen LogP contribution is -2.35. The molecule has 4 heteroatoms. The Balaban J connectivity index is 1.81. The normalized spacial score (nSPS) is 14.0. The Kier molecular flexibility index (Phi) is 3.57. The molecule has 2 aromatic rings. The quantitative estimate of drug-likeness (QED) is 0.777. The van der Waals surface area contributed by atoms with Gasteiger partial charge in [0.25, 0.3) is 5.91 Å². The van der Waals surface area contributed by atoms with Crippen molar-refractivity contribution in [3.8, 4) is 0 Å². The average Bonchev–Trinajstić information content (AvgIpc) is 2.47. The molecule has 3 rings (SSSR count). The lowest BCUT2D eigenvalue weighted by molar-refractivity contribution is 0.0734. The lowest BCUT2D eigenvalue weighted by Gasteiger charge is -2.29. The molecule has 0 aromatic heterocycles. The van der Waals surface area contributed by atoms with E-state index in [0.717, 1.165) is 10.9 Å². The zero-order chi connectivity index (χ0) is 14.1. The first-order valence-electron chi connectivity index (χ1n) is 6.45. The molecular weight excluding hydrogens is 321 g/mol. The molecule has 20 heavy (non-hydrogen) atoms. The highest BCUT2D eigenvalue weighted by atomic mass is 79.9. The minimum atomic E-state index is -0.324. The van der Waals surface area contributed by atoms with Crippen molar-refractivity contribution in [2.24, 2.45) is 0 Å². The number of halogens is 2. The first-order chi connectivity index (χ1) is 9.63. The van der Waals surface area contributed by atoms with E-state index in [1.165, 1.54) is 35.4 Å². The van der Waals surface area contributed by atoms with Crippen LogP contribution < -0.4 is 0 Å². The summed E-state index contributed by atoms with van der Waals surface area (Å²) in [6.45, 7) is 1.30. The molecule has 0 unspecified atom stereocenters. The van der Waals surface area contributed by atoms with Gasteiger partial charge < -0.3 is 4.90 Å². The van der Waals surface area contributed by atoms with Gasteiger partial charge in [0.05, 0.1) is 0 Å². The molecule has 1 aliphatic heterocycles. The Bertz CT molecular complexity index is 654. The van der Waals surface area contributed by atoms with Crippen molar-refractivity contribution in [2.75, 3.05) is 6.54 Å². The van der Waals surface area contributed by atoms with Crippen LogP contribution >= 0.6 is 15.9 Å². The number of rotatable bonds is 1. The van der Waals surface area contributed by atoms with Gasteiger partial charge in [0, 0.05) is 23.1 Å². The van der Waals surface area contributed by atoms with E-state index in [9.17, 15) is 9.18 Å². The first-order valence-corrected chi connectivity index (χ1v) is 7.25. The standard InChI is InChI=1S/C16H13BrFNO/c17-14-4-1-13-10-19(8-7-12(13)9-14)16(20)11-2-5-15(18)6-3-11/h1-6,9H,7-8,10H2. The summed E-state index contributed by atoms with van der Waals surface area (Å²) >= 11 is 3.46. The maximum Gasteiger partial charge on any atom is 0.254 e. The van der Waals surface area contributed by atoms with Crippen LogP contribution in [0.4, 0.5) is 4.39 Å². The Morgan fingerprint density at radius 1 is 1.10 bits per heavy atom. The fraction of sp³-hybridized carbons (Fsp3) is 0.188. The number of carbonyl (C=O) groups is 1. The summed E-state index contributed by atoms with van der Waals surface area (Å²) in [4.78, 5) is 14.2. The molecule has 0 atom stereocenters. The maximum atomic E-state index is 12.9. The van der Waals surface area contributed by atoms with Crippen LogP contribution in [0, 0.1) is 5.82 Å². The highest BCUT2D eigenvalue weighted by Crippen LogP contribution is 2.24. The van der Waals surface area contributed by atoms with Crippen LogP contribution in [0.15, 0.2) is 46.9 Å². The van der Waals surface area contributed by atoms with E-state index in [2.05, 4.69) is 22.0 Å². The molecule has 2 nitrogen and oxygen atoms in total. The number of hydrogen-bond donors (Lipinski definition) is 0. The smallest absolute Gasteiger partial charge is 0.254 e. The SMILES string of the molecule is O=C(c1ccc(F)cc1)N1CCc2cc(Br)ccc2C1. The van der Waals surface area contributed by atoms with E-state index in [1.54, 1.807) is 0 Å². The van der Waals surface area contributed by atoms with Crippen molar-refractivity contribution in [3.05, 3.63) is 69.4 Å². The summed E-state index contributed by atoms with van der Waals surface area (Å²) in [6, 6.07) is 11.9. The van der Waals surface area contributed by atoms with Crippen LogP contribution in [0.25, 0.3) is 0 Å². The van der Waals surface area contributed by atoms with Crippen LogP contribution in [-0.2, 0) is 13.0 Å². The van der Waals surface area contributed by atoms with Crippen molar-refractivity contribution < 1.29 is 9.18 Å². The van der Waals surface area contributed by atoms with Crippen LogP contribution in [0.3, 0.4) is 0 Å². The Hall–Kier alpha value is -1.68. The van der Waals surface area contributed by atoms with Crippen LogP contribution in [0.1, 0.15) is 21.5 Å². The van der Waals surface area contributed by atoms with E-state index in [1.807, 2.05) is 17.0 Å². The van der Waals surface area contributed by atoms with Gasteiger partial charge >= 0.3 is 0 Å². The third kappa shape index (κ3) is 2.61. The van der Waals surface area contributed by atoms with Crippen molar-refractivity contribution in [1.82, 2.24) is 4.90 Å². The second kappa shape index (κ2) is 5.37. The molecule has 0 bridgehead atoms. The van der Waals surface area contributed by atoms with Gasteiger partial charge in [-0.3, -0.25) is 4.79 Å². The van der Waals surface area contributed by atoms with E-state index >= 15 is 0 Å². The highest BCUT2D eigenvalue weighted by Gasteiger charge is 2.21. The Morgan fingerprint density at radius 2 is 1.85 bits per heavy atom. The molecule has 1 heterocycles. The highest BCUT2D eigenvalue weighted by molar-refractivity contribution is 9.10. The summed E-state index contributed by atoms with van der Waals surface area (Å²) < 4.78 is 14.0. The fourth-order valence-corrected chi connectivity index (χ4v) is 2.88. The van der Waals surface area contributed by atoms with Crippen molar-refractivity contribution in [1.29, 1.82) is 0 Å². The summed E-state index contributed by atoms with van der Waals surface area (Å²) in [6.07, 6.45) is 0.849. The molecule has 102 valence electrons. The molecule has 0 saturated carbocycles. The molecule has 1 aliphatic rings. The first kappa shape index (κ1) is 13.3. The Morgan fingerprint density at radius 3 is 2.60 bits per heavy atom. The molecule has 0 spiro atoms. The molecule has 0 fully saturated rings. The van der Waals surface area contributed by atoms with Crippen molar-refractivity contribution in [3.63, 3.8) is 0 Å². The van der Waals surface area contributed by atoms with Crippen molar-refractivity contribution in [2.45, 2.75) is 13.0 Å². The number of nitrogens with zero attached hydrogens (tertiary/aromatic N) is 1. The topological polar surface area (TPSA) is 20.3 Å². The van der Waals surface area contributed by atoms with Gasteiger partial charge in [-0.1, -0.05) is 22.0 Å². The summed E-state index contributed by atoms with van der Waals surface area (Å²) in [5.74, 6) is -0.367. The third-order valence-electron chi connectivity index (χ3n) is 3.56. The molecule has 0 saturated heterocycles. The second-order valence-electron chi connectivity index (χ2n) is 4.90. The molecule has 0 N–H and O–H groups in total. The van der Waals surface area contributed by atoms with E-state index in [4.69, 9.17) is 0 Å². The van der Waals surface area contributed by atoms with Gasteiger partial charge in [-0.15, -0.1) is 0 Å². The molecular formula is C16H13BrFNO. The van der Waals surface area contributed by atoms with Gasteiger partial charge in [0.2, 0.25) is 0 Å². The predicted molar refractivity (Wildman–Crippen MR) is 79.0 cm³/mol. The van der Waals surface area contributed by atoms with Crippen LogP contribution in [0.5, 0.6) is 0 Å². The minimum Gasteiger partial charge on any atom is -0.334 e. The van der Waals surface area contributed by atoms with Crippen molar-refractivity contribution >= 4 is 21.8 Å². The minimum absolute atomic E-state index is 0.0430. The van der Waals surface area contributed by atoms with Gasteiger partial charge in [0.15, 0.2) is 0 Å². The second-order valence-corrected chi connectivity index (χ2v) is 5.81. The predicted octanol–water partition coefficient (Wildman–Crippen LogP) is 3.79. The number of hydrogen-bond acceptors (Lipinski definition) is 1. The molecule has 1 amide bonds. The monoisotopic (exact) mass is 333 g/mol. The van der Waals surface area contributed by atoms with E-state index < -0.39 is 0 Å². The zero-order valence-corrected chi connectivity index (χ0v) is 12.4. The lowest BCUT2D eigenvalue weighted by atomic mass is 9.99. The van der Waals surface area contributed by atoms with E-state index in [0.29, 0.717) is 18.7 Å². The summed E-state index contributed by atoms with van der Waals surface area (Å²) in [5.41, 5.74) is 2.99. The third-order valence-corrected chi connectivity index (χ3v) is 4.05. The number of carbonyl (C=O) groups excluding carboxylic acids is 1. The zero-order valence-electron chi connectivity index (χ0n) is 10.8. The molecule has 0 radical (unpaired) electrons. The largest absolute Gasteiger partial charge is 0.334 e. The van der Waals surface area contributed by atoms with Crippen LogP contribution in [0.2, 0.25) is 0 Å². The van der Waals surface area contributed by atoms with E-state index in [-0.39, 0.29) is 11.7 Å². The number of fused-ring (bicyclic) bond motifs is 1. The summed E-state index contributed by atoms with van der Waals surface area (Å²) in [5, 5.41) is 0. The maximum absolute atomic E-state index is 12.9. The summed E-state index contributed by atoms with van der Waals surface area (Å²) in [7, 11) is 0. The number of amides is 1. The Labute approximate surface area is 125 Å². The molecule has 2 aromatic carbocycles. The van der Waals surface area contributed by atoms with Gasteiger partial charge in [-0.2, -0.15) is 0 Å². The van der Waals surface area contributed by atoms with Crippen LogP contribution in [-0.4, -0.2) is 17.4 Å². The average molecular weight is 334 g/mol. The number of benzene rings is 2. The van der Waals surface area contributed by atoms with Gasteiger partial charge in [-0.05, 0) is 53.9 Å². The fourth-order valence-electron chi connectivity index (χ4n) is 2.47. The van der Waals surface area contributed by atoms with Gasteiger partial charge in [-0.25, -0.2) is 4.39 Å². The van der Waals surface area contributed by atoms with Gasteiger partial charge in [0.1, 0.15) is 5.82 Å².